The zero-order valence-corrected chi connectivity index (χ0v) is 11.7. The lowest BCUT2D eigenvalue weighted by atomic mass is 9.97. The molecule has 8 heteroatoms. The Bertz CT molecular complexity index is 419. The molecule has 0 saturated heterocycles. The van der Waals surface area contributed by atoms with E-state index >= 15 is 0 Å². The molecule has 1 rings (SSSR count). The summed E-state index contributed by atoms with van der Waals surface area (Å²) < 4.78 is 0. The lowest BCUT2D eigenvalue weighted by Crippen LogP contribution is -2.41. The number of nitrogens with one attached hydrogen (secondary N) is 3. The van der Waals surface area contributed by atoms with Crippen LogP contribution in [0.3, 0.4) is 0 Å². The number of hydrogen-bond donors (Lipinski definition) is 4. The van der Waals surface area contributed by atoms with Gasteiger partial charge in [-0.1, -0.05) is 13.8 Å². The van der Waals surface area contributed by atoms with Crippen LogP contribution in [0, 0.1) is 11.8 Å². The monoisotopic (exact) mass is 283 g/mol. The van der Waals surface area contributed by atoms with E-state index in [1.54, 1.807) is 0 Å². The topological polar surface area (TPSA) is 120 Å². The largest absolute Gasteiger partial charge is 0.481 e. The Kier molecular flexibility index (Phi) is 6.48. The van der Waals surface area contributed by atoms with Crippen LogP contribution in [0.4, 0.5) is 4.79 Å². The van der Waals surface area contributed by atoms with Crippen LogP contribution < -0.4 is 10.6 Å². The van der Waals surface area contributed by atoms with Crippen LogP contribution in [0.5, 0.6) is 0 Å². The Morgan fingerprint density at radius 1 is 1.40 bits per heavy atom. The molecule has 8 nitrogen and oxygen atoms in total. The molecule has 1 atom stereocenters. The Hall–Kier alpha value is -2.12. The molecule has 0 radical (unpaired) electrons. The zero-order chi connectivity index (χ0) is 15.0. The van der Waals surface area contributed by atoms with Crippen molar-refractivity contribution >= 4 is 12.0 Å². The predicted octanol–water partition coefficient (Wildman–Crippen LogP) is 0.393. The number of urea groups is 1. The number of H-pyrrole nitrogens is 1. The number of aromatic amines is 1. The van der Waals surface area contributed by atoms with E-state index in [2.05, 4.69) is 25.8 Å². The van der Waals surface area contributed by atoms with Crippen LogP contribution in [0.2, 0.25) is 0 Å². The van der Waals surface area contributed by atoms with E-state index in [-0.39, 0.29) is 18.5 Å². The van der Waals surface area contributed by atoms with Crippen LogP contribution in [-0.2, 0) is 11.2 Å². The van der Waals surface area contributed by atoms with Crippen LogP contribution in [0.1, 0.15) is 26.1 Å². The van der Waals surface area contributed by atoms with Crippen LogP contribution in [-0.4, -0.2) is 45.4 Å². The van der Waals surface area contributed by atoms with E-state index < -0.39 is 11.9 Å². The molecule has 1 aromatic rings. The third-order valence-corrected chi connectivity index (χ3v) is 2.73. The number of carboxylic acids is 1. The summed E-state index contributed by atoms with van der Waals surface area (Å²) in [6.45, 7) is 4.44. The highest BCUT2D eigenvalue weighted by molar-refractivity contribution is 5.75. The summed E-state index contributed by atoms with van der Waals surface area (Å²) >= 11 is 0. The summed E-state index contributed by atoms with van der Waals surface area (Å²) in [6, 6.07) is -0.375. The van der Waals surface area contributed by atoms with Crippen LogP contribution >= 0.6 is 0 Å². The predicted molar refractivity (Wildman–Crippen MR) is 72.1 cm³/mol. The van der Waals surface area contributed by atoms with E-state index in [0.717, 1.165) is 0 Å². The molecule has 1 aromatic heterocycles. The minimum Gasteiger partial charge on any atom is -0.481 e. The average Bonchev–Trinajstić information content (AvgIpc) is 2.86. The Morgan fingerprint density at radius 2 is 2.15 bits per heavy atom. The highest BCUT2D eigenvalue weighted by atomic mass is 16.4. The van der Waals surface area contributed by atoms with Crippen molar-refractivity contribution in [3.63, 3.8) is 0 Å². The number of amides is 2. The summed E-state index contributed by atoms with van der Waals surface area (Å²) in [6.07, 6.45) is 2.48. The minimum atomic E-state index is -0.888. The number of carboxylic acid groups (broad SMARTS) is 1. The van der Waals surface area contributed by atoms with Crippen molar-refractivity contribution in [1.29, 1.82) is 0 Å². The van der Waals surface area contributed by atoms with E-state index in [1.807, 2.05) is 13.8 Å². The molecular weight excluding hydrogens is 262 g/mol. The number of carbonyl (C=O) groups is 2. The molecule has 0 aliphatic rings. The lowest BCUT2D eigenvalue weighted by molar-refractivity contribution is -0.142. The molecule has 4 N–H and O–H groups in total. The fourth-order valence-corrected chi connectivity index (χ4v) is 1.76. The molecule has 0 aliphatic heterocycles. The van der Waals surface area contributed by atoms with Crippen molar-refractivity contribution in [2.24, 2.45) is 11.8 Å². The van der Waals surface area contributed by atoms with Gasteiger partial charge in [-0.25, -0.2) is 9.78 Å². The molecule has 112 valence electrons. The highest BCUT2D eigenvalue weighted by Crippen LogP contribution is 2.10. The first-order valence-electron chi connectivity index (χ1n) is 6.57. The highest BCUT2D eigenvalue weighted by Gasteiger charge is 2.19. The van der Waals surface area contributed by atoms with Crippen molar-refractivity contribution in [2.75, 3.05) is 13.1 Å². The first-order valence-corrected chi connectivity index (χ1v) is 6.57. The number of hydrogen-bond acceptors (Lipinski definition) is 4. The first kappa shape index (κ1) is 15.9. The van der Waals surface area contributed by atoms with Gasteiger partial charge < -0.3 is 15.7 Å². The van der Waals surface area contributed by atoms with Gasteiger partial charge >= 0.3 is 12.0 Å². The van der Waals surface area contributed by atoms with E-state index in [0.29, 0.717) is 25.2 Å². The van der Waals surface area contributed by atoms with Crippen molar-refractivity contribution in [1.82, 2.24) is 25.8 Å². The third kappa shape index (κ3) is 6.17. The second-order valence-corrected chi connectivity index (χ2v) is 4.98. The molecule has 0 saturated carbocycles. The average molecular weight is 283 g/mol. The lowest BCUT2D eigenvalue weighted by Gasteiger charge is -2.15. The molecule has 0 spiro atoms. The molecule has 0 fully saturated rings. The molecule has 1 unspecified atom stereocenters. The normalized spacial score (nSPS) is 12.2. The first-order chi connectivity index (χ1) is 9.49. The summed E-state index contributed by atoms with van der Waals surface area (Å²) in [7, 11) is 0. The van der Waals surface area contributed by atoms with Gasteiger partial charge in [-0.15, -0.1) is 0 Å². The molecule has 1 heterocycles. The SMILES string of the molecule is CC(C)CC(CNC(=O)NCCc1ncn[nH]1)C(=O)O. The summed E-state index contributed by atoms with van der Waals surface area (Å²) in [5.74, 6) is -0.489. The number of aliphatic carboxylic acids is 1. The standard InChI is InChI=1S/C12H21N5O3/c1-8(2)5-9(11(18)19)6-14-12(20)13-4-3-10-15-7-16-17-10/h7-9H,3-6H2,1-2H3,(H,18,19)(H2,13,14,20)(H,15,16,17). The maximum Gasteiger partial charge on any atom is 0.314 e. The van der Waals surface area contributed by atoms with Gasteiger partial charge in [0.2, 0.25) is 0 Å². The van der Waals surface area contributed by atoms with E-state index in [1.165, 1.54) is 6.33 Å². The second-order valence-electron chi connectivity index (χ2n) is 4.98. The summed E-state index contributed by atoms with van der Waals surface area (Å²) in [4.78, 5) is 26.5. The van der Waals surface area contributed by atoms with Gasteiger partial charge in [0, 0.05) is 19.5 Å². The molecular formula is C12H21N5O3. The van der Waals surface area contributed by atoms with Gasteiger partial charge in [0.25, 0.3) is 0 Å². The Balaban J connectivity index is 2.22. The van der Waals surface area contributed by atoms with E-state index in [4.69, 9.17) is 5.11 Å². The van der Waals surface area contributed by atoms with Crippen LogP contribution in [0.25, 0.3) is 0 Å². The van der Waals surface area contributed by atoms with E-state index in [9.17, 15) is 9.59 Å². The maximum atomic E-state index is 11.5. The minimum absolute atomic E-state index is 0.127. The molecule has 20 heavy (non-hydrogen) atoms. The fraction of sp³-hybridized carbons (Fsp3) is 0.667. The number of nitrogens with zero attached hydrogens (tertiary/aromatic N) is 2. The molecule has 0 bridgehead atoms. The number of carbonyl (C=O) groups excluding carboxylic acids is 1. The zero-order valence-electron chi connectivity index (χ0n) is 11.7. The quantitative estimate of drug-likeness (QED) is 0.550. The molecule has 0 aliphatic carbocycles. The summed E-state index contributed by atoms with van der Waals surface area (Å²) in [5.41, 5.74) is 0. The Labute approximate surface area is 117 Å². The van der Waals surface area contributed by atoms with Gasteiger partial charge in [0.1, 0.15) is 12.2 Å². The van der Waals surface area contributed by atoms with Gasteiger partial charge in [-0.3, -0.25) is 9.89 Å². The number of rotatable bonds is 8. The van der Waals surface area contributed by atoms with Gasteiger partial charge in [0.05, 0.1) is 5.92 Å². The van der Waals surface area contributed by atoms with Crippen molar-refractivity contribution in [3.05, 3.63) is 12.2 Å². The van der Waals surface area contributed by atoms with Gasteiger partial charge in [-0.05, 0) is 12.3 Å². The van der Waals surface area contributed by atoms with Gasteiger partial charge in [-0.2, -0.15) is 5.10 Å². The fourth-order valence-electron chi connectivity index (χ4n) is 1.76. The summed E-state index contributed by atoms with van der Waals surface area (Å²) in [5, 5.41) is 20.6. The van der Waals surface area contributed by atoms with Crippen molar-refractivity contribution in [3.8, 4) is 0 Å². The molecule has 0 aromatic carbocycles. The number of aromatic nitrogens is 3. The van der Waals surface area contributed by atoms with Gasteiger partial charge in [0.15, 0.2) is 0 Å². The maximum absolute atomic E-state index is 11.5. The van der Waals surface area contributed by atoms with Crippen molar-refractivity contribution < 1.29 is 14.7 Å². The second kappa shape index (κ2) is 8.13. The molecule has 2 amide bonds. The third-order valence-electron chi connectivity index (χ3n) is 2.73. The van der Waals surface area contributed by atoms with Crippen molar-refractivity contribution in [2.45, 2.75) is 26.7 Å². The Morgan fingerprint density at radius 3 is 2.70 bits per heavy atom. The van der Waals surface area contributed by atoms with Crippen LogP contribution in [0.15, 0.2) is 6.33 Å². The smallest absolute Gasteiger partial charge is 0.314 e.